The van der Waals surface area contributed by atoms with Crippen LogP contribution in [0.5, 0.6) is 0 Å². The molecule has 0 spiro atoms. The van der Waals surface area contributed by atoms with Crippen LogP contribution in [0, 0.1) is 11.3 Å². The van der Waals surface area contributed by atoms with Gasteiger partial charge in [0, 0.05) is 5.71 Å². The molecule has 74 valence electrons. The van der Waals surface area contributed by atoms with Gasteiger partial charge in [-0.1, -0.05) is 0 Å². The number of ketones is 1. The van der Waals surface area contributed by atoms with Gasteiger partial charge in [-0.25, -0.2) is 4.79 Å². The number of hydrogen-bond acceptors (Lipinski definition) is 5. The lowest BCUT2D eigenvalue weighted by Crippen LogP contribution is -2.32. The number of ether oxygens (including phenoxy) is 1. The second kappa shape index (κ2) is 3.53. The molecule has 1 rings (SSSR count). The second-order valence-electron chi connectivity index (χ2n) is 3.01. The summed E-state index contributed by atoms with van der Waals surface area (Å²) in [6.07, 6.45) is 1.18. The Morgan fingerprint density at radius 2 is 2.00 bits per heavy atom. The fraction of sp³-hybridized carbons (Fsp3) is 0.333. The molecule has 0 fully saturated rings. The molecule has 5 heteroatoms. The summed E-state index contributed by atoms with van der Waals surface area (Å²) >= 11 is 0. The number of Topliss-reactive ketones (excluding diaryl/α,β-unsaturated/α-hetero) is 1. The van der Waals surface area contributed by atoms with Gasteiger partial charge in [-0.2, -0.15) is 0 Å². The van der Waals surface area contributed by atoms with Crippen LogP contribution in [-0.2, 0) is 19.1 Å². The van der Waals surface area contributed by atoms with Crippen LogP contribution in [0.1, 0.15) is 13.8 Å². The minimum atomic E-state index is -0.931. The number of nitrogens with one attached hydrogen (secondary N) is 1. The molecular weight excluding hydrogens is 186 g/mol. The van der Waals surface area contributed by atoms with Gasteiger partial charge < -0.3 is 10.1 Å². The number of esters is 2. The van der Waals surface area contributed by atoms with Gasteiger partial charge in [0.1, 0.15) is 11.5 Å². The average Bonchev–Trinajstić information content (AvgIpc) is 2.02. The molecule has 1 aliphatic heterocycles. The maximum Gasteiger partial charge on any atom is 0.349 e. The molecule has 14 heavy (non-hydrogen) atoms. The van der Waals surface area contributed by atoms with Crippen molar-refractivity contribution in [3.8, 4) is 0 Å². The standard InChI is InChI=1S/C9H9NO4/c1-4(10)6-3-7(5(2)11)9(13)14-8(6)12/h3,6,10H,1-2H3. The minimum Gasteiger partial charge on any atom is -0.389 e. The van der Waals surface area contributed by atoms with Crippen molar-refractivity contribution in [2.75, 3.05) is 0 Å². The normalized spacial score (nSPS) is 21.3. The first-order chi connectivity index (χ1) is 6.43. The van der Waals surface area contributed by atoms with E-state index in [2.05, 4.69) is 4.74 Å². The molecule has 0 bridgehead atoms. The van der Waals surface area contributed by atoms with Crippen molar-refractivity contribution in [2.24, 2.45) is 5.92 Å². The Kier molecular flexibility index (Phi) is 2.60. The first kappa shape index (κ1) is 10.3. The minimum absolute atomic E-state index is 0.0428. The van der Waals surface area contributed by atoms with E-state index in [4.69, 9.17) is 5.41 Å². The Morgan fingerprint density at radius 3 is 2.43 bits per heavy atom. The lowest BCUT2D eigenvalue weighted by molar-refractivity contribution is -0.159. The van der Waals surface area contributed by atoms with Crippen LogP contribution in [0.3, 0.4) is 0 Å². The van der Waals surface area contributed by atoms with Gasteiger partial charge in [-0.05, 0) is 19.9 Å². The molecule has 0 aromatic heterocycles. The van der Waals surface area contributed by atoms with Gasteiger partial charge >= 0.3 is 11.9 Å². The monoisotopic (exact) mass is 195 g/mol. The molecule has 1 heterocycles. The van der Waals surface area contributed by atoms with Crippen LogP contribution < -0.4 is 0 Å². The van der Waals surface area contributed by atoms with Crippen LogP contribution in [-0.4, -0.2) is 23.4 Å². The smallest absolute Gasteiger partial charge is 0.349 e. The number of hydrogen-bond donors (Lipinski definition) is 1. The predicted molar refractivity (Wildman–Crippen MR) is 46.8 cm³/mol. The van der Waals surface area contributed by atoms with Gasteiger partial charge in [-0.15, -0.1) is 0 Å². The van der Waals surface area contributed by atoms with Crippen LogP contribution in [0.25, 0.3) is 0 Å². The Labute approximate surface area is 80.2 Å². The molecular formula is C9H9NO4. The molecule has 5 nitrogen and oxygen atoms in total. The van der Waals surface area contributed by atoms with E-state index in [1.165, 1.54) is 19.9 Å². The molecule has 0 amide bonds. The summed E-state index contributed by atoms with van der Waals surface area (Å²) in [4.78, 5) is 33.0. The van der Waals surface area contributed by atoms with Gasteiger partial charge in [-0.3, -0.25) is 9.59 Å². The van der Waals surface area contributed by atoms with Crippen molar-refractivity contribution in [3.63, 3.8) is 0 Å². The van der Waals surface area contributed by atoms with Gasteiger partial charge in [0.05, 0.1) is 0 Å². The Balaban J connectivity index is 3.12. The van der Waals surface area contributed by atoms with E-state index in [-0.39, 0.29) is 11.3 Å². The lowest BCUT2D eigenvalue weighted by atomic mass is 9.97. The van der Waals surface area contributed by atoms with E-state index in [1.54, 1.807) is 0 Å². The molecule has 1 atom stereocenters. The Morgan fingerprint density at radius 1 is 1.43 bits per heavy atom. The van der Waals surface area contributed by atoms with Crippen LogP contribution in [0.4, 0.5) is 0 Å². The number of carbonyl (C=O) groups is 3. The summed E-state index contributed by atoms with van der Waals surface area (Å²) in [7, 11) is 0. The van der Waals surface area contributed by atoms with Crippen molar-refractivity contribution in [2.45, 2.75) is 13.8 Å². The molecule has 1 aliphatic rings. The quantitative estimate of drug-likeness (QED) is 0.296. The molecule has 1 unspecified atom stereocenters. The van der Waals surface area contributed by atoms with Crippen molar-refractivity contribution in [1.82, 2.24) is 0 Å². The Bertz CT molecular complexity index is 367. The average molecular weight is 195 g/mol. The molecule has 0 aromatic carbocycles. The SMILES string of the molecule is CC(=N)C1C=C(C(C)=O)C(=O)OC1=O. The highest BCUT2D eigenvalue weighted by molar-refractivity contribution is 6.22. The maximum absolute atomic E-state index is 11.1. The highest BCUT2D eigenvalue weighted by Gasteiger charge is 2.32. The third kappa shape index (κ3) is 1.76. The van der Waals surface area contributed by atoms with Gasteiger partial charge in [0.15, 0.2) is 5.78 Å². The molecule has 0 saturated heterocycles. The summed E-state index contributed by atoms with van der Waals surface area (Å²) in [6, 6.07) is 0. The third-order valence-corrected chi connectivity index (χ3v) is 1.85. The fourth-order valence-corrected chi connectivity index (χ4v) is 1.08. The zero-order valence-corrected chi connectivity index (χ0v) is 7.79. The fourth-order valence-electron chi connectivity index (χ4n) is 1.08. The molecule has 1 N–H and O–H groups in total. The summed E-state index contributed by atoms with van der Waals surface area (Å²) in [5.74, 6) is -3.10. The predicted octanol–water partition coefficient (Wildman–Crippen LogP) is 0.241. The lowest BCUT2D eigenvalue weighted by Gasteiger charge is -2.16. The van der Waals surface area contributed by atoms with Crippen molar-refractivity contribution in [1.29, 1.82) is 5.41 Å². The number of rotatable bonds is 2. The van der Waals surface area contributed by atoms with Crippen LogP contribution in [0.2, 0.25) is 0 Å². The first-order valence-corrected chi connectivity index (χ1v) is 3.97. The second-order valence-corrected chi connectivity index (χ2v) is 3.01. The molecule has 0 saturated carbocycles. The molecule has 0 aliphatic carbocycles. The largest absolute Gasteiger partial charge is 0.389 e. The van der Waals surface area contributed by atoms with Crippen LogP contribution in [0.15, 0.2) is 11.6 Å². The summed E-state index contributed by atoms with van der Waals surface area (Å²) < 4.78 is 4.33. The zero-order valence-electron chi connectivity index (χ0n) is 7.79. The van der Waals surface area contributed by atoms with Gasteiger partial charge in [0.2, 0.25) is 0 Å². The van der Waals surface area contributed by atoms with Crippen molar-refractivity contribution >= 4 is 23.4 Å². The van der Waals surface area contributed by atoms with E-state index >= 15 is 0 Å². The van der Waals surface area contributed by atoms with Crippen molar-refractivity contribution in [3.05, 3.63) is 11.6 Å². The van der Waals surface area contributed by atoms with E-state index < -0.39 is 23.6 Å². The Hall–Kier alpha value is -1.78. The van der Waals surface area contributed by atoms with E-state index in [9.17, 15) is 14.4 Å². The number of cyclic esters (lactones) is 2. The van der Waals surface area contributed by atoms with E-state index in [1.807, 2.05) is 0 Å². The molecule has 0 aromatic rings. The summed E-state index contributed by atoms with van der Waals surface area (Å²) in [5, 5.41) is 7.25. The van der Waals surface area contributed by atoms with Crippen molar-refractivity contribution < 1.29 is 19.1 Å². The summed E-state index contributed by atoms with van der Waals surface area (Å²) in [6.45, 7) is 2.62. The highest BCUT2D eigenvalue weighted by atomic mass is 16.6. The topological polar surface area (TPSA) is 84.3 Å². The zero-order chi connectivity index (χ0) is 10.9. The molecule has 0 radical (unpaired) electrons. The number of carbonyl (C=O) groups excluding carboxylic acids is 3. The third-order valence-electron chi connectivity index (χ3n) is 1.85. The first-order valence-electron chi connectivity index (χ1n) is 3.97. The van der Waals surface area contributed by atoms with Gasteiger partial charge in [0.25, 0.3) is 0 Å². The summed E-state index contributed by atoms with van der Waals surface area (Å²) in [5.41, 5.74) is -0.123. The maximum atomic E-state index is 11.1. The highest BCUT2D eigenvalue weighted by Crippen LogP contribution is 2.16. The van der Waals surface area contributed by atoms with E-state index in [0.29, 0.717) is 0 Å². The van der Waals surface area contributed by atoms with E-state index in [0.717, 1.165) is 0 Å². The van der Waals surface area contributed by atoms with Crippen LogP contribution >= 0.6 is 0 Å².